The fraction of sp³-hybridized carbons (Fsp3) is 0.200. The van der Waals surface area contributed by atoms with Crippen molar-refractivity contribution in [3.8, 4) is 0 Å². The van der Waals surface area contributed by atoms with E-state index in [1.807, 2.05) is 29.1 Å². The molecule has 0 aliphatic carbocycles. The van der Waals surface area contributed by atoms with E-state index in [2.05, 4.69) is 27.6 Å². The number of imidazole rings is 1. The van der Waals surface area contributed by atoms with Crippen LogP contribution >= 0.6 is 33.9 Å². The third-order valence-electron chi connectivity index (χ3n) is 2.09. The summed E-state index contributed by atoms with van der Waals surface area (Å²) in [4.78, 5) is 16.1. The average Bonchev–Trinajstić information content (AvgIpc) is 2.84. The number of halogens is 1. The Bertz CT molecular complexity index is 489. The van der Waals surface area contributed by atoms with Gasteiger partial charge in [0.15, 0.2) is 5.82 Å². The number of carbonyl (C=O) groups excluding carboxylic acids is 1. The van der Waals surface area contributed by atoms with Gasteiger partial charge in [-0.3, -0.25) is 4.79 Å². The first kappa shape index (κ1) is 10.8. The summed E-state index contributed by atoms with van der Waals surface area (Å²) in [6.07, 6.45) is 3.48. The number of aryl methyl sites for hydroxylation is 1. The molecule has 78 valence electrons. The minimum atomic E-state index is 0.000941. The summed E-state index contributed by atoms with van der Waals surface area (Å²) in [5, 5.41) is 1.87. The van der Waals surface area contributed by atoms with Crippen LogP contribution in [-0.2, 0) is 6.54 Å². The van der Waals surface area contributed by atoms with E-state index in [9.17, 15) is 4.79 Å². The van der Waals surface area contributed by atoms with Gasteiger partial charge in [-0.05, 0) is 35.6 Å². The van der Waals surface area contributed by atoms with E-state index in [1.165, 1.54) is 0 Å². The Morgan fingerprint density at radius 1 is 1.67 bits per heavy atom. The molecular formula is C10H9IN2OS. The average molecular weight is 332 g/mol. The maximum Gasteiger partial charge on any atom is 0.229 e. The van der Waals surface area contributed by atoms with Gasteiger partial charge in [-0.1, -0.05) is 0 Å². The van der Waals surface area contributed by atoms with Gasteiger partial charge in [0.1, 0.15) is 0 Å². The Hall–Kier alpha value is -0.690. The van der Waals surface area contributed by atoms with Crippen molar-refractivity contribution in [2.45, 2.75) is 13.5 Å². The lowest BCUT2D eigenvalue weighted by atomic mass is 10.2. The molecule has 0 N–H and O–H groups in total. The maximum atomic E-state index is 12.0. The Kier molecular flexibility index (Phi) is 3.20. The van der Waals surface area contributed by atoms with Gasteiger partial charge in [-0.25, -0.2) is 4.98 Å². The first-order valence-electron chi connectivity index (χ1n) is 4.52. The summed E-state index contributed by atoms with van der Waals surface area (Å²) in [5.41, 5.74) is 0.727. The molecule has 2 aromatic rings. The fourth-order valence-corrected chi connectivity index (χ4v) is 2.66. The number of thiophene rings is 1. The monoisotopic (exact) mass is 332 g/mol. The molecule has 0 radical (unpaired) electrons. The Balaban J connectivity index is 2.36. The van der Waals surface area contributed by atoms with E-state index < -0.39 is 0 Å². The van der Waals surface area contributed by atoms with Crippen molar-refractivity contribution >= 4 is 39.7 Å². The van der Waals surface area contributed by atoms with Gasteiger partial charge in [0, 0.05) is 29.9 Å². The molecule has 0 saturated carbocycles. The molecule has 0 amide bonds. The second-order valence-corrected chi connectivity index (χ2v) is 5.81. The van der Waals surface area contributed by atoms with Crippen molar-refractivity contribution in [3.63, 3.8) is 0 Å². The van der Waals surface area contributed by atoms with Crippen LogP contribution in [0.3, 0.4) is 0 Å². The lowest BCUT2D eigenvalue weighted by Crippen LogP contribution is -2.09. The van der Waals surface area contributed by atoms with Crippen molar-refractivity contribution in [3.05, 3.63) is 38.1 Å². The van der Waals surface area contributed by atoms with Crippen LogP contribution in [-0.4, -0.2) is 15.3 Å². The van der Waals surface area contributed by atoms with Gasteiger partial charge in [0.2, 0.25) is 5.78 Å². The quantitative estimate of drug-likeness (QED) is 0.640. The molecule has 0 aromatic carbocycles. The topological polar surface area (TPSA) is 34.9 Å². The standard InChI is InChI=1S/C10H9IN2OS/c1-2-13-4-3-12-10(13)9(14)7-5-8(11)15-6-7/h3-6H,2H2,1H3. The minimum Gasteiger partial charge on any atom is -0.328 e. The van der Waals surface area contributed by atoms with Crippen LogP contribution in [0.15, 0.2) is 23.8 Å². The molecule has 0 spiro atoms. The lowest BCUT2D eigenvalue weighted by Gasteiger charge is -2.01. The van der Waals surface area contributed by atoms with E-state index in [1.54, 1.807) is 17.5 Å². The molecule has 0 bridgehead atoms. The third-order valence-corrected chi connectivity index (χ3v) is 3.88. The second kappa shape index (κ2) is 4.44. The Morgan fingerprint density at radius 2 is 2.47 bits per heavy atom. The number of hydrogen-bond acceptors (Lipinski definition) is 3. The van der Waals surface area contributed by atoms with Gasteiger partial charge < -0.3 is 4.57 Å². The number of hydrogen-bond donors (Lipinski definition) is 0. The highest BCUT2D eigenvalue weighted by Gasteiger charge is 2.15. The van der Waals surface area contributed by atoms with Crippen LogP contribution in [0.5, 0.6) is 0 Å². The van der Waals surface area contributed by atoms with Crippen molar-refractivity contribution in [1.82, 2.24) is 9.55 Å². The summed E-state index contributed by atoms with van der Waals surface area (Å²) in [6.45, 7) is 2.76. The number of rotatable bonds is 3. The Labute approximate surface area is 105 Å². The molecule has 0 atom stereocenters. The molecule has 5 heteroatoms. The molecule has 2 aromatic heterocycles. The van der Waals surface area contributed by atoms with Gasteiger partial charge in [-0.2, -0.15) is 0 Å². The van der Waals surface area contributed by atoms with E-state index >= 15 is 0 Å². The molecule has 0 fully saturated rings. The SMILES string of the molecule is CCn1ccnc1C(=O)c1csc(I)c1. The molecule has 3 nitrogen and oxygen atoms in total. The van der Waals surface area contributed by atoms with Crippen molar-refractivity contribution in [2.24, 2.45) is 0 Å². The predicted octanol–water partition coefficient (Wildman–Crippen LogP) is 2.80. The highest BCUT2D eigenvalue weighted by molar-refractivity contribution is 14.1. The van der Waals surface area contributed by atoms with Crippen LogP contribution in [0, 0.1) is 2.88 Å². The normalized spacial score (nSPS) is 10.5. The third kappa shape index (κ3) is 2.12. The van der Waals surface area contributed by atoms with Gasteiger partial charge in [0.05, 0.1) is 2.88 Å². The van der Waals surface area contributed by atoms with Crippen LogP contribution in [0.25, 0.3) is 0 Å². The molecule has 2 heterocycles. The zero-order valence-corrected chi connectivity index (χ0v) is 11.1. The van der Waals surface area contributed by atoms with Crippen LogP contribution < -0.4 is 0 Å². The van der Waals surface area contributed by atoms with E-state index in [0.717, 1.165) is 15.0 Å². The molecule has 2 rings (SSSR count). The van der Waals surface area contributed by atoms with E-state index in [4.69, 9.17) is 0 Å². The first-order valence-corrected chi connectivity index (χ1v) is 6.48. The summed E-state index contributed by atoms with van der Waals surface area (Å²) < 4.78 is 2.97. The van der Waals surface area contributed by atoms with Gasteiger partial charge >= 0.3 is 0 Å². The van der Waals surface area contributed by atoms with Crippen molar-refractivity contribution in [2.75, 3.05) is 0 Å². The number of aromatic nitrogens is 2. The molecular weight excluding hydrogens is 323 g/mol. The maximum absolute atomic E-state index is 12.0. The highest BCUT2D eigenvalue weighted by atomic mass is 127. The second-order valence-electron chi connectivity index (χ2n) is 3.01. The van der Waals surface area contributed by atoms with E-state index in [-0.39, 0.29) is 5.78 Å². The first-order chi connectivity index (χ1) is 7.22. The summed E-state index contributed by atoms with van der Waals surface area (Å²) >= 11 is 3.78. The molecule has 0 aliphatic heterocycles. The van der Waals surface area contributed by atoms with Crippen LogP contribution in [0.2, 0.25) is 0 Å². The lowest BCUT2D eigenvalue weighted by molar-refractivity contribution is 0.102. The minimum absolute atomic E-state index is 0.000941. The molecule has 0 unspecified atom stereocenters. The summed E-state index contributed by atoms with van der Waals surface area (Å²) in [5.74, 6) is 0.521. The summed E-state index contributed by atoms with van der Waals surface area (Å²) in [7, 11) is 0. The van der Waals surface area contributed by atoms with Gasteiger partial charge in [0.25, 0.3) is 0 Å². The predicted molar refractivity (Wildman–Crippen MR) is 68.4 cm³/mol. The number of carbonyl (C=O) groups is 1. The van der Waals surface area contributed by atoms with Crippen molar-refractivity contribution in [1.29, 1.82) is 0 Å². The zero-order chi connectivity index (χ0) is 10.8. The Morgan fingerprint density at radius 3 is 3.07 bits per heavy atom. The van der Waals surface area contributed by atoms with Crippen molar-refractivity contribution < 1.29 is 4.79 Å². The number of ketones is 1. The van der Waals surface area contributed by atoms with Crippen LogP contribution in [0.1, 0.15) is 23.1 Å². The largest absolute Gasteiger partial charge is 0.328 e. The molecule has 0 aliphatic rings. The molecule has 15 heavy (non-hydrogen) atoms. The highest BCUT2D eigenvalue weighted by Crippen LogP contribution is 2.19. The van der Waals surface area contributed by atoms with E-state index in [0.29, 0.717) is 5.82 Å². The molecule has 0 saturated heterocycles. The smallest absolute Gasteiger partial charge is 0.229 e. The number of nitrogens with zero attached hydrogens (tertiary/aromatic N) is 2. The fourth-order valence-electron chi connectivity index (χ4n) is 1.33. The summed E-state index contributed by atoms with van der Waals surface area (Å²) in [6, 6.07) is 1.89. The van der Waals surface area contributed by atoms with Crippen LogP contribution in [0.4, 0.5) is 0 Å². The zero-order valence-electron chi connectivity index (χ0n) is 8.11. The van der Waals surface area contributed by atoms with Gasteiger partial charge in [-0.15, -0.1) is 11.3 Å².